The molecule has 0 aliphatic heterocycles. The number of anilines is 1. The van der Waals surface area contributed by atoms with Gasteiger partial charge in [0.25, 0.3) is 0 Å². The molecule has 0 aromatic carbocycles. The summed E-state index contributed by atoms with van der Waals surface area (Å²) in [6, 6.07) is 0. The highest BCUT2D eigenvalue weighted by atomic mass is 16.1. The maximum atomic E-state index is 10.6. The molecule has 70 valence electrons. The van der Waals surface area contributed by atoms with Crippen LogP contribution in [0.4, 0.5) is 5.69 Å². The minimum atomic E-state index is -0.475. The smallest absolute Gasteiger partial charge is 0.239 e. The van der Waals surface area contributed by atoms with Crippen molar-refractivity contribution in [2.45, 2.75) is 13.5 Å². The van der Waals surface area contributed by atoms with Gasteiger partial charge in [-0.15, -0.1) is 0 Å². The molecule has 3 N–H and O–H groups in total. The zero-order chi connectivity index (χ0) is 9.84. The van der Waals surface area contributed by atoms with Gasteiger partial charge in [0.15, 0.2) is 0 Å². The number of amides is 2. The van der Waals surface area contributed by atoms with Gasteiger partial charge in [-0.1, -0.05) is 0 Å². The molecule has 0 spiro atoms. The first-order chi connectivity index (χ1) is 6.08. The highest BCUT2D eigenvalue weighted by molar-refractivity contribution is 5.88. The van der Waals surface area contributed by atoms with E-state index in [4.69, 9.17) is 5.73 Å². The Bertz CT molecular complexity index is 300. The Morgan fingerprint density at radius 3 is 2.92 bits per heavy atom. The van der Waals surface area contributed by atoms with Gasteiger partial charge in [0.05, 0.1) is 11.9 Å². The predicted octanol–water partition coefficient (Wildman–Crippen LogP) is -0.673. The van der Waals surface area contributed by atoms with E-state index >= 15 is 0 Å². The van der Waals surface area contributed by atoms with Crippen molar-refractivity contribution < 1.29 is 9.59 Å². The monoisotopic (exact) mass is 182 g/mol. The Morgan fingerprint density at radius 1 is 1.69 bits per heavy atom. The summed E-state index contributed by atoms with van der Waals surface area (Å²) in [6.07, 6.45) is 2.98. The number of hydrogen-bond acceptors (Lipinski definition) is 3. The van der Waals surface area contributed by atoms with Crippen LogP contribution in [0.15, 0.2) is 12.4 Å². The van der Waals surface area contributed by atoms with Crippen molar-refractivity contribution in [1.82, 2.24) is 9.78 Å². The molecule has 0 saturated carbocycles. The number of hydrogen-bond donors (Lipinski definition) is 2. The standard InChI is InChI=1S/C7H10N4O2/c1-5(12)10-6-2-9-11(3-6)4-7(8)13/h2-3H,4H2,1H3,(H2,8,13)(H,10,12). The Balaban J connectivity index is 2.63. The molecular formula is C7H10N4O2. The zero-order valence-electron chi connectivity index (χ0n) is 7.15. The first-order valence-electron chi connectivity index (χ1n) is 3.66. The Labute approximate surface area is 74.7 Å². The summed E-state index contributed by atoms with van der Waals surface area (Å²) < 4.78 is 1.35. The van der Waals surface area contributed by atoms with Crippen LogP contribution in [0.2, 0.25) is 0 Å². The van der Waals surface area contributed by atoms with Crippen molar-refractivity contribution in [2.75, 3.05) is 5.32 Å². The van der Waals surface area contributed by atoms with Gasteiger partial charge in [0, 0.05) is 13.1 Å². The lowest BCUT2D eigenvalue weighted by Crippen LogP contribution is -2.18. The fourth-order valence-corrected chi connectivity index (χ4v) is 0.878. The van der Waals surface area contributed by atoms with Crippen molar-refractivity contribution >= 4 is 17.5 Å². The molecule has 0 aliphatic carbocycles. The Hall–Kier alpha value is -1.85. The number of carbonyl (C=O) groups excluding carboxylic acids is 2. The van der Waals surface area contributed by atoms with Crippen LogP contribution in [-0.2, 0) is 16.1 Å². The van der Waals surface area contributed by atoms with Gasteiger partial charge >= 0.3 is 0 Å². The molecule has 13 heavy (non-hydrogen) atoms. The van der Waals surface area contributed by atoms with Crippen molar-refractivity contribution in [2.24, 2.45) is 5.73 Å². The maximum absolute atomic E-state index is 10.6. The van der Waals surface area contributed by atoms with E-state index in [-0.39, 0.29) is 12.5 Å². The van der Waals surface area contributed by atoms with Gasteiger partial charge in [0.1, 0.15) is 6.54 Å². The van der Waals surface area contributed by atoms with Gasteiger partial charge in [0.2, 0.25) is 11.8 Å². The first-order valence-corrected chi connectivity index (χ1v) is 3.66. The molecule has 2 amide bonds. The van der Waals surface area contributed by atoms with Gasteiger partial charge < -0.3 is 11.1 Å². The van der Waals surface area contributed by atoms with Gasteiger partial charge in [-0.2, -0.15) is 5.10 Å². The van der Waals surface area contributed by atoms with E-state index in [0.29, 0.717) is 5.69 Å². The molecule has 1 heterocycles. The average molecular weight is 182 g/mol. The van der Waals surface area contributed by atoms with Crippen LogP contribution in [-0.4, -0.2) is 21.6 Å². The number of rotatable bonds is 3. The summed E-state index contributed by atoms with van der Waals surface area (Å²) in [7, 11) is 0. The first kappa shape index (κ1) is 9.24. The van der Waals surface area contributed by atoms with Crippen molar-refractivity contribution in [3.63, 3.8) is 0 Å². The minimum Gasteiger partial charge on any atom is -0.368 e. The number of aromatic nitrogens is 2. The van der Waals surface area contributed by atoms with E-state index in [9.17, 15) is 9.59 Å². The fraction of sp³-hybridized carbons (Fsp3) is 0.286. The SMILES string of the molecule is CC(=O)Nc1cnn(CC(N)=O)c1. The minimum absolute atomic E-state index is 0.0135. The summed E-state index contributed by atoms with van der Waals surface area (Å²) in [5.41, 5.74) is 5.50. The van der Waals surface area contributed by atoms with E-state index in [1.54, 1.807) is 0 Å². The van der Waals surface area contributed by atoms with Crippen LogP contribution in [0.5, 0.6) is 0 Å². The van der Waals surface area contributed by atoms with Crippen molar-refractivity contribution in [1.29, 1.82) is 0 Å². The molecule has 1 aromatic rings. The van der Waals surface area contributed by atoms with Gasteiger partial charge in [-0.05, 0) is 0 Å². The molecule has 0 fully saturated rings. The lowest BCUT2D eigenvalue weighted by Gasteiger charge is -1.95. The lowest BCUT2D eigenvalue weighted by molar-refractivity contribution is -0.118. The number of carbonyl (C=O) groups is 2. The molecule has 6 nitrogen and oxygen atoms in total. The van der Waals surface area contributed by atoms with E-state index in [2.05, 4.69) is 10.4 Å². The molecular weight excluding hydrogens is 172 g/mol. The summed E-state index contributed by atoms with van der Waals surface area (Å²) >= 11 is 0. The quantitative estimate of drug-likeness (QED) is 0.649. The molecule has 6 heteroatoms. The normalized spacial score (nSPS) is 9.62. The van der Waals surface area contributed by atoms with E-state index < -0.39 is 5.91 Å². The van der Waals surface area contributed by atoms with E-state index in [1.165, 1.54) is 24.0 Å². The average Bonchev–Trinajstić information content (AvgIpc) is 2.33. The van der Waals surface area contributed by atoms with Crippen LogP contribution in [0, 0.1) is 0 Å². The molecule has 0 atom stereocenters. The van der Waals surface area contributed by atoms with Crippen molar-refractivity contribution in [3.8, 4) is 0 Å². The Kier molecular flexibility index (Phi) is 2.63. The third-order valence-corrected chi connectivity index (χ3v) is 1.27. The zero-order valence-corrected chi connectivity index (χ0v) is 7.15. The topological polar surface area (TPSA) is 90.0 Å². The van der Waals surface area contributed by atoms with Gasteiger partial charge in [-0.3, -0.25) is 14.3 Å². The second kappa shape index (κ2) is 3.70. The highest BCUT2D eigenvalue weighted by Gasteiger charge is 2.01. The third kappa shape index (κ3) is 2.94. The maximum Gasteiger partial charge on any atom is 0.239 e. The fourth-order valence-electron chi connectivity index (χ4n) is 0.878. The lowest BCUT2D eigenvalue weighted by atomic mass is 10.5. The second-order valence-electron chi connectivity index (χ2n) is 2.57. The Morgan fingerprint density at radius 2 is 2.38 bits per heavy atom. The summed E-state index contributed by atoms with van der Waals surface area (Å²) in [5, 5.41) is 6.33. The summed E-state index contributed by atoms with van der Waals surface area (Å²) in [4.78, 5) is 21.1. The summed E-state index contributed by atoms with van der Waals surface area (Å²) in [6.45, 7) is 1.41. The molecule has 0 radical (unpaired) electrons. The van der Waals surface area contributed by atoms with E-state index in [0.717, 1.165) is 0 Å². The molecule has 0 saturated heterocycles. The molecule has 0 aliphatic rings. The molecule has 0 unspecified atom stereocenters. The van der Waals surface area contributed by atoms with Crippen LogP contribution >= 0.6 is 0 Å². The number of nitrogens with one attached hydrogen (secondary N) is 1. The van der Waals surface area contributed by atoms with Crippen molar-refractivity contribution in [3.05, 3.63) is 12.4 Å². The molecule has 1 aromatic heterocycles. The van der Waals surface area contributed by atoms with E-state index in [1.807, 2.05) is 0 Å². The predicted molar refractivity (Wildman–Crippen MR) is 45.7 cm³/mol. The summed E-state index contributed by atoms with van der Waals surface area (Å²) in [5.74, 6) is -0.656. The third-order valence-electron chi connectivity index (χ3n) is 1.27. The number of nitrogens with zero attached hydrogens (tertiary/aromatic N) is 2. The van der Waals surface area contributed by atoms with Crippen LogP contribution in [0.25, 0.3) is 0 Å². The van der Waals surface area contributed by atoms with Crippen LogP contribution in [0.3, 0.4) is 0 Å². The van der Waals surface area contributed by atoms with Crippen LogP contribution in [0.1, 0.15) is 6.92 Å². The van der Waals surface area contributed by atoms with Gasteiger partial charge in [-0.25, -0.2) is 0 Å². The largest absolute Gasteiger partial charge is 0.368 e. The number of nitrogens with two attached hydrogens (primary N) is 1. The highest BCUT2D eigenvalue weighted by Crippen LogP contribution is 2.03. The second-order valence-corrected chi connectivity index (χ2v) is 2.57. The number of primary amides is 1. The van der Waals surface area contributed by atoms with Crippen LogP contribution < -0.4 is 11.1 Å². The molecule has 1 rings (SSSR count). The molecule has 0 bridgehead atoms.